The Balaban J connectivity index is 2.93. The zero-order chi connectivity index (χ0) is 14.1. The normalized spacial score (nSPS) is 14.6. The van der Waals surface area contributed by atoms with Crippen molar-refractivity contribution in [2.45, 2.75) is 52.0 Å². The van der Waals surface area contributed by atoms with E-state index < -0.39 is 0 Å². The van der Waals surface area contributed by atoms with Gasteiger partial charge in [-0.1, -0.05) is 51.1 Å². The van der Waals surface area contributed by atoms with Gasteiger partial charge >= 0.3 is 0 Å². The quantitative estimate of drug-likeness (QED) is 0.738. The Kier molecular flexibility index (Phi) is 7.11. The third-order valence-corrected chi connectivity index (χ3v) is 4.07. The first-order chi connectivity index (χ1) is 9.22. The highest BCUT2D eigenvalue weighted by Gasteiger charge is 2.32. The molecule has 0 aromatic heterocycles. The van der Waals surface area contributed by atoms with E-state index in [1.54, 1.807) is 0 Å². The molecule has 0 radical (unpaired) electrons. The lowest BCUT2D eigenvalue weighted by Crippen LogP contribution is -2.55. The summed E-state index contributed by atoms with van der Waals surface area (Å²) in [5, 5.41) is 0. The molecular weight excluding hydrogens is 232 g/mol. The lowest BCUT2D eigenvalue weighted by Gasteiger charge is -2.43. The molecule has 19 heavy (non-hydrogen) atoms. The molecule has 0 bridgehead atoms. The Morgan fingerprint density at radius 2 is 1.58 bits per heavy atom. The number of benzene rings is 1. The van der Waals surface area contributed by atoms with Gasteiger partial charge < -0.3 is 5.73 Å². The van der Waals surface area contributed by atoms with Crippen LogP contribution in [0, 0.1) is 0 Å². The van der Waals surface area contributed by atoms with Crippen molar-refractivity contribution in [3.8, 4) is 0 Å². The average molecular weight is 262 g/mol. The summed E-state index contributed by atoms with van der Waals surface area (Å²) < 4.78 is 0. The zero-order valence-electron chi connectivity index (χ0n) is 12.9. The van der Waals surface area contributed by atoms with E-state index in [0.29, 0.717) is 0 Å². The molecule has 1 atom stereocenters. The molecule has 1 unspecified atom stereocenters. The van der Waals surface area contributed by atoms with E-state index in [1.165, 1.54) is 18.4 Å². The fourth-order valence-corrected chi connectivity index (χ4v) is 2.91. The highest BCUT2D eigenvalue weighted by Crippen LogP contribution is 2.25. The number of nitrogens with zero attached hydrogens (tertiary/aromatic N) is 1. The van der Waals surface area contributed by atoms with Crippen LogP contribution in [-0.2, 0) is 6.42 Å². The molecule has 0 saturated heterocycles. The summed E-state index contributed by atoms with van der Waals surface area (Å²) >= 11 is 0. The van der Waals surface area contributed by atoms with Crippen LogP contribution in [0.15, 0.2) is 30.3 Å². The molecule has 0 aliphatic heterocycles. The first kappa shape index (κ1) is 16.2. The Labute approximate surface area is 119 Å². The topological polar surface area (TPSA) is 29.3 Å². The van der Waals surface area contributed by atoms with Crippen molar-refractivity contribution in [2.75, 3.05) is 19.6 Å². The predicted octanol–water partition coefficient (Wildman–Crippen LogP) is 3.46. The number of hydrogen-bond acceptors (Lipinski definition) is 2. The van der Waals surface area contributed by atoms with Gasteiger partial charge in [0.25, 0.3) is 0 Å². The molecule has 0 aliphatic rings. The van der Waals surface area contributed by atoms with E-state index in [1.807, 2.05) is 0 Å². The van der Waals surface area contributed by atoms with Crippen molar-refractivity contribution >= 4 is 0 Å². The second-order valence-electron chi connectivity index (χ2n) is 5.43. The summed E-state index contributed by atoms with van der Waals surface area (Å²) in [5.41, 5.74) is 7.70. The number of rotatable bonds is 9. The molecule has 108 valence electrons. The molecule has 1 aromatic carbocycles. The molecule has 2 N–H and O–H groups in total. The summed E-state index contributed by atoms with van der Waals surface area (Å²) in [4.78, 5) is 2.61. The molecular formula is C17H30N2. The number of hydrogen-bond donors (Lipinski definition) is 1. The minimum Gasteiger partial charge on any atom is -0.329 e. The fraction of sp³-hybridized carbons (Fsp3) is 0.647. The molecule has 0 aliphatic carbocycles. The fourth-order valence-electron chi connectivity index (χ4n) is 2.91. The third kappa shape index (κ3) is 4.32. The van der Waals surface area contributed by atoms with Crippen LogP contribution >= 0.6 is 0 Å². The smallest absolute Gasteiger partial charge is 0.0369 e. The second-order valence-corrected chi connectivity index (χ2v) is 5.43. The summed E-state index contributed by atoms with van der Waals surface area (Å²) in [7, 11) is 0. The van der Waals surface area contributed by atoms with Gasteiger partial charge in [0.05, 0.1) is 0 Å². The van der Waals surface area contributed by atoms with Gasteiger partial charge in [-0.15, -0.1) is 0 Å². The Bertz CT molecular complexity index is 324. The van der Waals surface area contributed by atoms with Crippen LogP contribution in [0.1, 0.15) is 45.6 Å². The van der Waals surface area contributed by atoms with Gasteiger partial charge in [-0.3, -0.25) is 4.90 Å². The first-order valence-electron chi connectivity index (χ1n) is 7.71. The maximum atomic E-state index is 6.19. The highest BCUT2D eigenvalue weighted by atomic mass is 15.2. The molecule has 1 aromatic rings. The Morgan fingerprint density at radius 3 is 2.00 bits per heavy atom. The average Bonchev–Trinajstić information content (AvgIpc) is 2.46. The monoisotopic (exact) mass is 262 g/mol. The maximum absolute atomic E-state index is 6.19. The van der Waals surface area contributed by atoms with Crippen LogP contribution in [0.2, 0.25) is 0 Å². The van der Waals surface area contributed by atoms with Crippen molar-refractivity contribution < 1.29 is 0 Å². The second kappa shape index (κ2) is 8.34. The molecule has 0 heterocycles. The minimum absolute atomic E-state index is 0.118. The highest BCUT2D eigenvalue weighted by molar-refractivity contribution is 5.18. The van der Waals surface area contributed by atoms with Crippen LogP contribution < -0.4 is 5.73 Å². The van der Waals surface area contributed by atoms with Crippen molar-refractivity contribution in [1.82, 2.24) is 4.90 Å². The largest absolute Gasteiger partial charge is 0.329 e. The lowest BCUT2D eigenvalue weighted by atomic mass is 9.86. The predicted molar refractivity (Wildman–Crippen MR) is 84.4 cm³/mol. The first-order valence-corrected chi connectivity index (χ1v) is 7.71. The maximum Gasteiger partial charge on any atom is 0.0369 e. The van der Waals surface area contributed by atoms with Crippen LogP contribution in [0.5, 0.6) is 0 Å². The molecule has 0 fully saturated rings. The number of nitrogens with two attached hydrogens (primary N) is 1. The van der Waals surface area contributed by atoms with E-state index in [0.717, 1.165) is 32.5 Å². The van der Waals surface area contributed by atoms with Gasteiger partial charge in [-0.25, -0.2) is 0 Å². The van der Waals surface area contributed by atoms with Gasteiger partial charge in [0.2, 0.25) is 0 Å². The van der Waals surface area contributed by atoms with E-state index in [9.17, 15) is 0 Å². The summed E-state index contributed by atoms with van der Waals surface area (Å²) in [6.45, 7) is 9.80. The standard InChI is InChI=1S/C17H30N2/c1-4-12-19(13-5-2)17(6-3,15-18)14-16-10-8-7-9-11-16/h7-11H,4-6,12-15,18H2,1-3H3. The van der Waals surface area contributed by atoms with E-state index in [-0.39, 0.29) is 5.54 Å². The SMILES string of the molecule is CCCN(CCC)C(CC)(CN)Cc1ccccc1. The van der Waals surface area contributed by atoms with E-state index in [4.69, 9.17) is 5.73 Å². The summed E-state index contributed by atoms with van der Waals surface area (Å²) in [5.74, 6) is 0. The summed E-state index contributed by atoms with van der Waals surface area (Å²) in [6.07, 6.45) is 4.55. The van der Waals surface area contributed by atoms with Crippen LogP contribution in [-0.4, -0.2) is 30.1 Å². The molecule has 2 nitrogen and oxygen atoms in total. The minimum atomic E-state index is 0.118. The van der Waals surface area contributed by atoms with E-state index in [2.05, 4.69) is 56.0 Å². The van der Waals surface area contributed by atoms with Crippen LogP contribution in [0.4, 0.5) is 0 Å². The molecule has 0 saturated carbocycles. The molecule has 0 amide bonds. The molecule has 0 spiro atoms. The van der Waals surface area contributed by atoms with Crippen molar-refractivity contribution in [3.63, 3.8) is 0 Å². The summed E-state index contributed by atoms with van der Waals surface area (Å²) in [6, 6.07) is 10.8. The third-order valence-electron chi connectivity index (χ3n) is 4.07. The Morgan fingerprint density at radius 1 is 1.00 bits per heavy atom. The Hall–Kier alpha value is -0.860. The van der Waals surface area contributed by atoms with Gasteiger partial charge in [-0.05, 0) is 44.3 Å². The van der Waals surface area contributed by atoms with Crippen molar-refractivity contribution in [1.29, 1.82) is 0 Å². The lowest BCUT2D eigenvalue weighted by molar-refractivity contribution is 0.0885. The van der Waals surface area contributed by atoms with Crippen LogP contribution in [0.25, 0.3) is 0 Å². The van der Waals surface area contributed by atoms with Crippen LogP contribution in [0.3, 0.4) is 0 Å². The van der Waals surface area contributed by atoms with Gasteiger partial charge in [0.15, 0.2) is 0 Å². The van der Waals surface area contributed by atoms with Crippen molar-refractivity contribution in [3.05, 3.63) is 35.9 Å². The van der Waals surface area contributed by atoms with Gasteiger partial charge in [-0.2, -0.15) is 0 Å². The van der Waals surface area contributed by atoms with Gasteiger partial charge in [0.1, 0.15) is 0 Å². The van der Waals surface area contributed by atoms with Gasteiger partial charge in [0, 0.05) is 12.1 Å². The van der Waals surface area contributed by atoms with E-state index >= 15 is 0 Å². The van der Waals surface area contributed by atoms with Crippen molar-refractivity contribution in [2.24, 2.45) is 5.73 Å². The zero-order valence-corrected chi connectivity index (χ0v) is 12.9. The molecule has 2 heteroatoms. The molecule has 1 rings (SSSR count).